The third-order valence-corrected chi connectivity index (χ3v) is 4.06. The van der Waals surface area contributed by atoms with Crippen molar-refractivity contribution in [3.63, 3.8) is 0 Å². The minimum Gasteiger partial charge on any atom is -0.390 e. The molecule has 1 fully saturated rings. The second-order valence-corrected chi connectivity index (χ2v) is 5.63. The molecule has 5 heteroatoms. The lowest BCUT2D eigenvalue weighted by Gasteiger charge is -2.31. The summed E-state index contributed by atoms with van der Waals surface area (Å²) in [7, 11) is 1.57. The maximum atomic E-state index is 12.1. The van der Waals surface area contributed by atoms with Crippen LogP contribution in [0.25, 0.3) is 0 Å². The SMILES string of the molecule is CO[C@@H]1C[C@H](C(=O)NCc2ccc(Cl)cc2)CC[C@@H]1O. The maximum Gasteiger partial charge on any atom is 0.223 e. The van der Waals surface area contributed by atoms with Crippen molar-refractivity contribution in [3.05, 3.63) is 34.9 Å². The number of benzene rings is 1. The lowest BCUT2D eigenvalue weighted by atomic mass is 9.84. The zero-order valence-corrected chi connectivity index (χ0v) is 12.3. The molecule has 0 bridgehead atoms. The third-order valence-electron chi connectivity index (χ3n) is 3.81. The van der Waals surface area contributed by atoms with E-state index in [4.69, 9.17) is 16.3 Å². The number of aliphatic hydroxyl groups is 1. The number of halogens is 1. The Hall–Kier alpha value is -1.10. The van der Waals surface area contributed by atoms with Crippen molar-refractivity contribution in [1.82, 2.24) is 5.32 Å². The number of aliphatic hydroxyl groups excluding tert-OH is 1. The normalized spacial score (nSPS) is 26.2. The van der Waals surface area contributed by atoms with E-state index in [1.807, 2.05) is 12.1 Å². The minimum atomic E-state index is -0.458. The Morgan fingerprint density at radius 3 is 2.75 bits per heavy atom. The summed E-state index contributed by atoms with van der Waals surface area (Å²) in [6, 6.07) is 7.40. The average molecular weight is 298 g/mol. The Labute approximate surface area is 124 Å². The van der Waals surface area contributed by atoms with Crippen LogP contribution in [0.1, 0.15) is 24.8 Å². The van der Waals surface area contributed by atoms with Gasteiger partial charge in [-0.1, -0.05) is 23.7 Å². The number of methoxy groups -OCH3 is 1. The van der Waals surface area contributed by atoms with Gasteiger partial charge >= 0.3 is 0 Å². The van der Waals surface area contributed by atoms with Gasteiger partial charge in [0.05, 0.1) is 12.2 Å². The highest BCUT2D eigenvalue weighted by Crippen LogP contribution is 2.26. The van der Waals surface area contributed by atoms with Crippen LogP contribution in [0.5, 0.6) is 0 Å². The molecule has 1 aliphatic carbocycles. The molecule has 2 N–H and O–H groups in total. The van der Waals surface area contributed by atoms with Crippen molar-refractivity contribution in [1.29, 1.82) is 0 Å². The predicted molar refractivity (Wildman–Crippen MR) is 77.4 cm³/mol. The topological polar surface area (TPSA) is 58.6 Å². The fourth-order valence-corrected chi connectivity index (χ4v) is 2.67. The summed E-state index contributed by atoms with van der Waals surface area (Å²) >= 11 is 5.82. The molecule has 1 aliphatic rings. The van der Waals surface area contributed by atoms with Gasteiger partial charge in [0.2, 0.25) is 5.91 Å². The molecule has 0 spiro atoms. The maximum absolute atomic E-state index is 12.1. The average Bonchev–Trinajstić information content (AvgIpc) is 2.47. The third kappa shape index (κ3) is 3.95. The molecule has 1 aromatic rings. The zero-order valence-electron chi connectivity index (χ0n) is 11.5. The summed E-state index contributed by atoms with van der Waals surface area (Å²) in [6.45, 7) is 0.493. The van der Waals surface area contributed by atoms with E-state index >= 15 is 0 Å². The number of nitrogens with one attached hydrogen (secondary N) is 1. The van der Waals surface area contributed by atoms with E-state index in [-0.39, 0.29) is 17.9 Å². The molecule has 3 atom stereocenters. The van der Waals surface area contributed by atoms with Crippen LogP contribution in [0.15, 0.2) is 24.3 Å². The number of hydrogen-bond donors (Lipinski definition) is 2. The van der Waals surface area contributed by atoms with Gasteiger partial charge in [-0.2, -0.15) is 0 Å². The molecule has 1 amide bonds. The van der Waals surface area contributed by atoms with E-state index in [0.717, 1.165) is 5.56 Å². The largest absolute Gasteiger partial charge is 0.390 e. The number of carbonyl (C=O) groups excluding carboxylic acids is 1. The standard InChI is InChI=1S/C15H20ClNO3/c1-20-14-8-11(4-7-13(14)18)15(19)17-9-10-2-5-12(16)6-3-10/h2-3,5-6,11,13-14,18H,4,7-9H2,1H3,(H,17,19)/t11-,13+,14-/m1/s1. The molecular weight excluding hydrogens is 278 g/mol. The van der Waals surface area contributed by atoms with Gasteiger partial charge in [0.25, 0.3) is 0 Å². The summed E-state index contributed by atoms with van der Waals surface area (Å²) in [5.41, 5.74) is 1.02. The van der Waals surface area contributed by atoms with E-state index in [2.05, 4.69) is 5.32 Å². The minimum absolute atomic E-state index is 0.0221. The van der Waals surface area contributed by atoms with Crippen LogP contribution in [-0.2, 0) is 16.1 Å². The van der Waals surface area contributed by atoms with E-state index in [1.54, 1.807) is 19.2 Å². The summed E-state index contributed by atoms with van der Waals surface area (Å²) in [6.07, 6.45) is 1.19. The fourth-order valence-electron chi connectivity index (χ4n) is 2.54. The van der Waals surface area contributed by atoms with Crippen LogP contribution >= 0.6 is 11.6 Å². The highest BCUT2D eigenvalue weighted by molar-refractivity contribution is 6.30. The Balaban J connectivity index is 1.84. The van der Waals surface area contributed by atoms with Gasteiger partial charge < -0.3 is 15.2 Å². The second-order valence-electron chi connectivity index (χ2n) is 5.20. The molecule has 0 saturated heterocycles. The van der Waals surface area contributed by atoms with Gasteiger partial charge in [0, 0.05) is 24.6 Å². The van der Waals surface area contributed by atoms with Gasteiger partial charge in [-0.05, 0) is 37.0 Å². The van der Waals surface area contributed by atoms with E-state index in [1.165, 1.54) is 0 Å². The zero-order chi connectivity index (χ0) is 14.5. The van der Waals surface area contributed by atoms with Crippen molar-refractivity contribution in [2.45, 2.75) is 38.0 Å². The molecule has 4 nitrogen and oxygen atoms in total. The second kappa shape index (κ2) is 7.07. The first-order valence-electron chi connectivity index (χ1n) is 6.83. The Kier molecular flexibility index (Phi) is 5.40. The Bertz CT molecular complexity index is 449. The van der Waals surface area contributed by atoms with Gasteiger partial charge in [-0.3, -0.25) is 4.79 Å². The monoisotopic (exact) mass is 297 g/mol. The van der Waals surface area contributed by atoms with Crippen molar-refractivity contribution < 1.29 is 14.6 Å². The van der Waals surface area contributed by atoms with Gasteiger partial charge in [0.1, 0.15) is 0 Å². The molecule has 0 aromatic heterocycles. The predicted octanol–water partition coefficient (Wildman–Crippen LogP) is 2.13. The highest BCUT2D eigenvalue weighted by Gasteiger charge is 2.32. The van der Waals surface area contributed by atoms with Gasteiger partial charge in [-0.25, -0.2) is 0 Å². The van der Waals surface area contributed by atoms with E-state index < -0.39 is 6.10 Å². The summed E-state index contributed by atoms with van der Waals surface area (Å²) in [5, 5.41) is 13.3. The van der Waals surface area contributed by atoms with Crippen molar-refractivity contribution in [3.8, 4) is 0 Å². The van der Waals surface area contributed by atoms with Crippen LogP contribution < -0.4 is 5.32 Å². The lowest BCUT2D eigenvalue weighted by Crippen LogP contribution is -2.41. The number of carbonyl (C=O) groups is 1. The van der Waals surface area contributed by atoms with Crippen LogP contribution in [0.2, 0.25) is 5.02 Å². The van der Waals surface area contributed by atoms with Crippen molar-refractivity contribution in [2.75, 3.05) is 7.11 Å². The van der Waals surface area contributed by atoms with Crippen LogP contribution in [0.4, 0.5) is 0 Å². The van der Waals surface area contributed by atoms with Gasteiger partial charge in [-0.15, -0.1) is 0 Å². The van der Waals surface area contributed by atoms with E-state index in [0.29, 0.717) is 30.8 Å². The first kappa shape index (κ1) is 15.3. The number of amides is 1. The smallest absolute Gasteiger partial charge is 0.223 e. The molecule has 0 heterocycles. The number of ether oxygens (including phenoxy) is 1. The first-order chi connectivity index (χ1) is 9.60. The Morgan fingerprint density at radius 1 is 1.40 bits per heavy atom. The molecule has 1 aromatic carbocycles. The number of hydrogen-bond acceptors (Lipinski definition) is 3. The van der Waals surface area contributed by atoms with Crippen molar-refractivity contribution >= 4 is 17.5 Å². The van der Waals surface area contributed by atoms with Crippen LogP contribution in [-0.4, -0.2) is 30.3 Å². The molecule has 20 heavy (non-hydrogen) atoms. The van der Waals surface area contributed by atoms with Gasteiger partial charge in [0.15, 0.2) is 0 Å². The summed E-state index contributed by atoms with van der Waals surface area (Å²) in [4.78, 5) is 12.1. The highest BCUT2D eigenvalue weighted by atomic mass is 35.5. The molecular formula is C15H20ClNO3. The fraction of sp³-hybridized carbons (Fsp3) is 0.533. The molecule has 110 valence electrons. The lowest BCUT2D eigenvalue weighted by molar-refractivity contribution is -0.130. The molecule has 1 saturated carbocycles. The van der Waals surface area contributed by atoms with Crippen LogP contribution in [0.3, 0.4) is 0 Å². The summed E-state index contributed by atoms with van der Waals surface area (Å²) in [5.74, 6) is -0.0652. The first-order valence-corrected chi connectivity index (χ1v) is 7.21. The molecule has 2 rings (SSSR count). The van der Waals surface area contributed by atoms with E-state index in [9.17, 15) is 9.90 Å². The molecule has 0 unspecified atom stereocenters. The molecule has 0 radical (unpaired) electrons. The van der Waals surface area contributed by atoms with Crippen LogP contribution in [0, 0.1) is 5.92 Å². The Morgan fingerprint density at radius 2 is 2.10 bits per heavy atom. The number of rotatable bonds is 4. The van der Waals surface area contributed by atoms with Crippen molar-refractivity contribution in [2.24, 2.45) is 5.92 Å². The molecule has 0 aliphatic heterocycles. The summed E-state index contributed by atoms with van der Waals surface area (Å²) < 4.78 is 5.22. The quantitative estimate of drug-likeness (QED) is 0.895.